The largest absolute Gasteiger partial charge is 0.270 e. The van der Waals surface area contributed by atoms with Gasteiger partial charge < -0.3 is 0 Å². The average Bonchev–Trinajstić information content (AvgIpc) is 2.05. The molecule has 0 N–H and O–H groups in total. The summed E-state index contributed by atoms with van der Waals surface area (Å²) < 4.78 is 0. The molecule has 0 amide bonds. The first kappa shape index (κ1) is 6.08. The molecule has 0 aromatic carbocycles. The van der Waals surface area contributed by atoms with Gasteiger partial charge in [0.05, 0.1) is 6.04 Å². The molecule has 1 saturated carbocycles. The molecule has 10 heavy (non-hydrogen) atoms. The van der Waals surface area contributed by atoms with Crippen molar-refractivity contribution in [2.24, 2.45) is 15.9 Å². The second-order valence-electron chi connectivity index (χ2n) is 3.08. The van der Waals surface area contributed by atoms with E-state index in [2.05, 4.69) is 16.2 Å². The van der Waals surface area contributed by atoms with Crippen LogP contribution in [0.15, 0.2) is 9.98 Å². The Hall–Kier alpha value is -0.660. The highest BCUT2D eigenvalue weighted by atomic mass is 14.9. The van der Waals surface area contributed by atoms with Gasteiger partial charge >= 0.3 is 0 Å². The van der Waals surface area contributed by atoms with Crippen LogP contribution in [0.25, 0.3) is 0 Å². The fraction of sp³-hybridized carbons (Fsp3) is 0.750. The molecule has 0 bridgehead atoms. The number of hydrogen-bond donors (Lipinski definition) is 0. The van der Waals surface area contributed by atoms with E-state index in [1.54, 1.807) is 6.34 Å². The van der Waals surface area contributed by atoms with Crippen LogP contribution in [-0.2, 0) is 0 Å². The lowest BCUT2D eigenvalue weighted by molar-refractivity contribution is 0.385. The van der Waals surface area contributed by atoms with Gasteiger partial charge in [0.1, 0.15) is 6.34 Å². The van der Waals surface area contributed by atoms with Crippen LogP contribution in [0.5, 0.6) is 0 Å². The molecule has 0 aromatic heterocycles. The standard InChI is InChI=1S/C8H12N2/c1-2-4-8-7(3-1)5-9-6-10-8/h5-8H,1-4H2. The Morgan fingerprint density at radius 1 is 1.20 bits per heavy atom. The fourth-order valence-corrected chi connectivity index (χ4v) is 1.77. The van der Waals surface area contributed by atoms with Gasteiger partial charge in [0.2, 0.25) is 0 Å². The van der Waals surface area contributed by atoms with Gasteiger partial charge in [-0.05, 0) is 12.8 Å². The van der Waals surface area contributed by atoms with E-state index in [0.29, 0.717) is 12.0 Å². The van der Waals surface area contributed by atoms with Crippen LogP contribution >= 0.6 is 0 Å². The molecule has 2 nitrogen and oxygen atoms in total. The SMILES string of the molecule is C1=NC=NC2CCCCC12. The van der Waals surface area contributed by atoms with Gasteiger partial charge in [0.15, 0.2) is 0 Å². The first-order valence-electron chi connectivity index (χ1n) is 4.02. The molecule has 0 spiro atoms. The van der Waals surface area contributed by atoms with E-state index >= 15 is 0 Å². The normalized spacial score (nSPS) is 37.6. The van der Waals surface area contributed by atoms with E-state index in [0.717, 1.165) is 0 Å². The van der Waals surface area contributed by atoms with E-state index in [1.165, 1.54) is 25.7 Å². The highest BCUT2D eigenvalue weighted by Crippen LogP contribution is 2.26. The predicted molar refractivity (Wildman–Crippen MR) is 42.7 cm³/mol. The van der Waals surface area contributed by atoms with Crippen LogP contribution in [0.3, 0.4) is 0 Å². The third-order valence-electron chi connectivity index (χ3n) is 2.38. The van der Waals surface area contributed by atoms with E-state index in [9.17, 15) is 0 Å². The minimum Gasteiger partial charge on any atom is -0.270 e. The molecule has 1 aliphatic heterocycles. The molecule has 2 heteroatoms. The summed E-state index contributed by atoms with van der Waals surface area (Å²) in [7, 11) is 0. The topological polar surface area (TPSA) is 24.7 Å². The number of hydrogen-bond acceptors (Lipinski definition) is 2. The molecule has 54 valence electrons. The molecular weight excluding hydrogens is 124 g/mol. The molecule has 1 heterocycles. The molecule has 0 radical (unpaired) electrons. The van der Waals surface area contributed by atoms with Gasteiger partial charge in [-0.15, -0.1) is 0 Å². The van der Waals surface area contributed by atoms with Crippen molar-refractivity contribution in [1.82, 2.24) is 0 Å². The molecular formula is C8H12N2. The van der Waals surface area contributed by atoms with Crippen molar-refractivity contribution >= 4 is 12.6 Å². The summed E-state index contributed by atoms with van der Waals surface area (Å²) in [5.41, 5.74) is 0. The second kappa shape index (κ2) is 2.52. The molecule has 1 aliphatic carbocycles. The Morgan fingerprint density at radius 2 is 2.10 bits per heavy atom. The third kappa shape index (κ3) is 0.981. The Balaban J connectivity index is 2.09. The van der Waals surface area contributed by atoms with Crippen LogP contribution in [0.4, 0.5) is 0 Å². The van der Waals surface area contributed by atoms with Crippen LogP contribution in [0.1, 0.15) is 25.7 Å². The maximum absolute atomic E-state index is 4.33. The maximum atomic E-state index is 4.33. The summed E-state index contributed by atoms with van der Waals surface area (Å²) in [6.07, 6.45) is 9.05. The van der Waals surface area contributed by atoms with E-state index < -0.39 is 0 Å². The van der Waals surface area contributed by atoms with Crippen molar-refractivity contribution < 1.29 is 0 Å². The fourth-order valence-electron chi connectivity index (χ4n) is 1.77. The lowest BCUT2D eigenvalue weighted by Gasteiger charge is -2.26. The molecule has 0 saturated heterocycles. The zero-order chi connectivity index (χ0) is 6.81. The van der Waals surface area contributed by atoms with E-state index in [-0.39, 0.29) is 0 Å². The number of rotatable bonds is 0. The first-order valence-corrected chi connectivity index (χ1v) is 4.02. The highest BCUT2D eigenvalue weighted by molar-refractivity contribution is 5.77. The Bertz CT molecular complexity index is 152. The zero-order valence-electron chi connectivity index (χ0n) is 6.03. The van der Waals surface area contributed by atoms with Crippen LogP contribution in [-0.4, -0.2) is 18.6 Å². The Labute approximate surface area is 61.1 Å². The van der Waals surface area contributed by atoms with Gasteiger partial charge in [0.25, 0.3) is 0 Å². The molecule has 1 fully saturated rings. The Morgan fingerprint density at radius 3 is 3.00 bits per heavy atom. The summed E-state index contributed by atoms with van der Waals surface area (Å²) in [6.45, 7) is 0. The summed E-state index contributed by atoms with van der Waals surface area (Å²) in [6, 6.07) is 0.575. The number of aliphatic imine (C=N–C) groups is 2. The van der Waals surface area contributed by atoms with Crippen molar-refractivity contribution in [2.45, 2.75) is 31.7 Å². The summed E-state index contributed by atoms with van der Waals surface area (Å²) >= 11 is 0. The number of fused-ring (bicyclic) bond motifs is 1. The van der Waals surface area contributed by atoms with Crippen molar-refractivity contribution in [3.8, 4) is 0 Å². The molecule has 2 aliphatic rings. The minimum atomic E-state index is 0.575. The average molecular weight is 136 g/mol. The predicted octanol–water partition coefficient (Wildman–Crippen LogP) is 1.66. The molecule has 2 atom stereocenters. The zero-order valence-corrected chi connectivity index (χ0v) is 6.03. The summed E-state index contributed by atoms with van der Waals surface area (Å²) in [4.78, 5) is 8.37. The number of nitrogens with zero attached hydrogens (tertiary/aromatic N) is 2. The lowest BCUT2D eigenvalue weighted by Crippen LogP contribution is -2.26. The summed E-state index contributed by atoms with van der Waals surface area (Å²) in [5, 5.41) is 0. The minimum absolute atomic E-state index is 0.575. The van der Waals surface area contributed by atoms with Crippen LogP contribution in [0.2, 0.25) is 0 Å². The van der Waals surface area contributed by atoms with Gasteiger partial charge in [-0.2, -0.15) is 0 Å². The summed E-state index contributed by atoms with van der Waals surface area (Å²) in [5.74, 6) is 0.666. The van der Waals surface area contributed by atoms with Crippen LogP contribution < -0.4 is 0 Å². The van der Waals surface area contributed by atoms with Gasteiger partial charge in [-0.25, -0.2) is 4.99 Å². The third-order valence-corrected chi connectivity index (χ3v) is 2.38. The lowest BCUT2D eigenvalue weighted by atomic mass is 9.85. The Kier molecular flexibility index (Phi) is 1.53. The van der Waals surface area contributed by atoms with Crippen LogP contribution in [0, 0.1) is 5.92 Å². The van der Waals surface area contributed by atoms with Gasteiger partial charge in [0, 0.05) is 12.1 Å². The highest BCUT2D eigenvalue weighted by Gasteiger charge is 2.23. The molecule has 2 rings (SSSR count). The molecule has 2 unspecified atom stereocenters. The van der Waals surface area contributed by atoms with Gasteiger partial charge in [-0.3, -0.25) is 4.99 Å². The van der Waals surface area contributed by atoms with Gasteiger partial charge in [-0.1, -0.05) is 12.8 Å². The quantitative estimate of drug-likeness (QED) is 0.484. The monoisotopic (exact) mass is 136 g/mol. The maximum Gasteiger partial charge on any atom is 0.109 e. The van der Waals surface area contributed by atoms with Crippen molar-refractivity contribution in [1.29, 1.82) is 0 Å². The smallest absolute Gasteiger partial charge is 0.109 e. The van der Waals surface area contributed by atoms with Crippen molar-refractivity contribution in [3.05, 3.63) is 0 Å². The van der Waals surface area contributed by atoms with Crippen molar-refractivity contribution in [2.75, 3.05) is 0 Å². The van der Waals surface area contributed by atoms with E-state index in [1.807, 2.05) is 0 Å². The molecule has 0 aromatic rings. The first-order chi connectivity index (χ1) is 4.97. The van der Waals surface area contributed by atoms with Crippen molar-refractivity contribution in [3.63, 3.8) is 0 Å². The second-order valence-corrected chi connectivity index (χ2v) is 3.08. The van der Waals surface area contributed by atoms with E-state index in [4.69, 9.17) is 0 Å².